The van der Waals surface area contributed by atoms with Crippen molar-refractivity contribution >= 4 is 41.0 Å². The summed E-state index contributed by atoms with van der Waals surface area (Å²) in [4.78, 5) is 50.6. The third-order valence-corrected chi connectivity index (χ3v) is 5.98. The van der Waals surface area contributed by atoms with Crippen molar-refractivity contribution in [3.8, 4) is 5.75 Å². The lowest BCUT2D eigenvalue weighted by Gasteiger charge is -2.24. The largest absolute Gasteiger partial charge is 0.495 e. The van der Waals surface area contributed by atoms with Crippen molar-refractivity contribution in [3.63, 3.8) is 0 Å². The summed E-state index contributed by atoms with van der Waals surface area (Å²) in [5.41, 5.74) is 2.64. The highest BCUT2D eigenvalue weighted by Crippen LogP contribution is 2.29. The van der Waals surface area contributed by atoms with Gasteiger partial charge in [-0.05, 0) is 48.2 Å². The third-order valence-electron chi connectivity index (χ3n) is 5.69. The van der Waals surface area contributed by atoms with Crippen LogP contribution in [0.2, 0.25) is 5.02 Å². The van der Waals surface area contributed by atoms with Gasteiger partial charge in [0, 0.05) is 30.8 Å². The number of carbonyl (C=O) groups is 4. The Kier molecular flexibility index (Phi) is 6.50. The van der Waals surface area contributed by atoms with E-state index in [1.807, 2.05) is 6.07 Å². The quantitative estimate of drug-likeness (QED) is 0.581. The minimum atomic E-state index is -0.667. The smallest absolute Gasteiger partial charge is 0.319 e. The van der Waals surface area contributed by atoms with Crippen LogP contribution in [0.3, 0.4) is 0 Å². The fraction of sp³-hybridized carbons (Fsp3) is 0.304. The van der Waals surface area contributed by atoms with Gasteiger partial charge in [-0.2, -0.15) is 0 Å². The predicted octanol–water partition coefficient (Wildman–Crippen LogP) is 2.82. The van der Waals surface area contributed by atoms with Gasteiger partial charge in [0.25, 0.3) is 5.91 Å². The molecule has 0 aliphatic carbocycles. The maximum Gasteiger partial charge on any atom is 0.319 e. The van der Waals surface area contributed by atoms with Crippen LogP contribution in [-0.4, -0.2) is 41.8 Å². The lowest BCUT2D eigenvalue weighted by atomic mass is 10.1. The first-order valence-corrected chi connectivity index (χ1v) is 10.9. The molecule has 172 valence electrons. The summed E-state index contributed by atoms with van der Waals surface area (Å²) < 4.78 is 5.09. The SMILES string of the molecule is COc1ccc(NC(=O)NCc2ccc3c(c2)CN([C@H]2CCCC(=O)NC2=O)C3=O)cc1Cl. The molecular weight excluding hydrogens is 448 g/mol. The van der Waals surface area contributed by atoms with Crippen LogP contribution < -0.4 is 20.7 Å². The molecule has 33 heavy (non-hydrogen) atoms. The van der Waals surface area contributed by atoms with Crippen molar-refractivity contribution in [3.05, 3.63) is 58.1 Å². The number of methoxy groups -OCH3 is 1. The van der Waals surface area contributed by atoms with Crippen LogP contribution >= 0.6 is 11.6 Å². The molecule has 0 saturated carbocycles. The monoisotopic (exact) mass is 470 g/mol. The third kappa shape index (κ3) is 4.93. The van der Waals surface area contributed by atoms with E-state index < -0.39 is 18.0 Å². The molecule has 2 aromatic carbocycles. The first kappa shape index (κ1) is 22.6. The number of imide groups is 1. The normalized spacial score (nSPS) is 17.8. The number of carbonyl (C=O) groups excluding carboxylic acids is 4. The zero-order valence-electron chi connectivity index (χ0n) is 17.9. The van der Waals surface area contributed by atoms with E-state index in [9.17, 15) is 19.2 Å². The average Bonchev–Trinajstić information content (AvgIpc) is 3.00. The summed E-state index contributed by atoms with van der Waals surface area (Å²) in [5, 5.41) is 8.20. The molecule has 0 aromatic heterocycles. The van der Waals surface area contributed by atoms with Crippen LogP contribution in [0, 0.1) is 0 Å². The van der Waals surface area contributed by atoms with E-state index in [1.54, 1.807) is 30.3 Å². The molecule has 0 spiro atoms. The molecule has 3 N–H and O–H groups in total. The number of ether oxygens (including phenoxy) is 1. The molecule has 2 aliphatic rings. The number of halogens is 1. The van der Waals surface area contributed by atoms with E-state index in [-0.39, 0.29) is 31.3 Å². The van der Waals surface area contributed by atoms with Crippen LogP contribution in [0.4, 0.5) is 10.5 Å². The Labute approximate surface area is 195 Å². The summed E-state index contributed by atoms with van der Waals surface area (Å²) in [7, 11) is 1.51. The Bertz CT molecular complexity index is 1140. The molecule has 0 radical (unpaired) electrons. The second-order valence-corrected chi connectivity index (χ2v) is 8.31. The fourth-order valence-electron chi connectivity index (χ4n) is 4.03. The molecule has 9 nitrogen and oxygen atoms in total. The van der Waals surface area contributed by atoms with Crippen molar-refractivity contribution in [1.29, 1.82) is 0 Å². The number of nitrogens with zero attached hydrogens (tertiary/aromatic N) is 1. The second kappa shape index (κ2) is 9.50. The molecule has 1 fully saturated rings. The Balaban J connectivity index is 1.38. The van der Waals surface area contributed by atoms with Crippen molar-refractivity contribution in [1.82, 2.24) is 15.5 Å². The van der Waals surface area contributed by atoms with Gasteiger partial charge in [-0.1, -0.05) is 23.7 Å². The maximum atomic E-state index is 12.9. The molecule has 5 amide bonds. The Morgan fingerprint density at radius 2 is 2.03 bits per heavy atom. The van der Waals surface area contributed by atoms with E-state index in [1.165, 1.54) is 12.0 Å². The molecule has 10 heteroatoms. The van der Waals surface area contributed by atoms with Gasteiger partial charge in [-0.15, -0.1) is 0 Å². The lowest BCUT2D eigenvalue weighted by Crippen LogP contribution is -2.46. The van der Waals surface area contributed by atoms with Gasteiger partial charge in [-0.3, -0.25) is 19.7 Å². The number of nitrogens with one attached hydrogen (secondary N) is 3. The molecule has 0 bridgehead atoms. The van der Waals surface area contributed by atoms with Crippen LogP contribution in [-0.2, 0) is 22.7 Å². The fourth-order valence-corrected chi connectivity index (χ4v) is 4.29. The van der Waals surface area contributed by atoms with Gasteiger partial charge in [0.1, 0.15) is 11.8 Å². The van der Waals surface area contributed by atoms with Crippen LogP contribution in [0.1, 0.15) is 40.7 Å². The first-order valence-electron chi connectivity index (χ1n) is 10.5. The number of fused-ring (bicyclic) bond motifs is 1. The first-order chi connectivity index (χ1) is 15.9. The molecule has 2 aliphatic heterocycles. The average molecular weight is 471 g/mol. The summed E-state index contributed by atoms with van der Waals surface area (Å²) in [5.74, 6) is -0.462. The van der Waals surface area contributed by atoms with Gasteiger partial charge in [0.05, 0.1) is 12.1 Å². The number of rotatable bonds is 5. The number of hydrogen-bond acceptors (Lipinski definition) is 5. The second-order valence-electron chi connectivity index (χ2n) is 7.90. The number of hydrogen-bond donors (Lipinski definition) is 3. The minimum Gasteiger partial charge on any atom is -0.495 e. The lowest BCUT2D eigenvalue weighted by molar-refractivity contribution is -0.132. The molecule has 1 saturated heterocycles. The van der Waals surface area contributed by atoms with E-state index in [0.717, 1.165) is 11.1 Å². The summed E-state index contributed by atoms with van der Waals surface area (Å²) in [6, 6.07) is 9.17. The Morgan fingerprint density at radius 1 is 1.21 bits per heavy atom. The van der Waals surface area contributed by atoms with Crippen molar-refractivity contribution in [2.75, 3.05) is 12.4 Å². The van der Waals surface area contributed by atoms with E-state index in [0.29, 0.717) is 34.9 Å². The van der Waals surface area contributed by atoms with Gasteiger partial charge in [0.2, 0.25) is 11.8 Å². The number of anilines is 1. The van der Waals surface area contributed by atoms with Gasteiger partial charge >= 0.3 is 6.03 Å². The minimum absolute atomic E-state index is 0.229. The van der Waals surface area contributed by atoms with Gasteiger partial charge in [0.15, 0.2) is 0 Å². The zero-order chi connectivity index (χ0) is 23.5. The summed E-state index contributed by atoms with van der Waals surface area (Å²) >= 11 is 6.08. The number of amides is 5. The highest BCUT2D eigenvalue weighted by molar-refractivity contribution is 6.32. The van der Waals surface area contributed by atoms with Crippen LogP contribution in [0.5, 0.6) is 5.75 Å². The highest BCUT2D eigenvalue weighted by Gasteiger charge is 2.37. The molecule has 0 unspecified atom stereocenters. The van der Waals surface area contributed by atoms with E-state index in [4.69, 9.17) is 16.3 Å². The maximum absolute atomic E-state index is 12.9. The van der Waals surface area contributed by atoms with Crippen molar-refractivity contribution < 1.29 is 23.9 Å². The standard InChI is InChI=1S/C23H23ClN4O5/c1-33-19-8-6-15(10-17(19)24)26-23(32)25-11-13-5-7-16-14(9-13)12-28(22(16)31)18-3-2-4-20(29)27-21(18)30/h5-10,18H,2-4,11-12H2,1H3,(H2,25,26,32)(H,27,29,30)/t18-/m0/s1. The Hall–Kier alpha value is -3.59. The van der Waals surface area contributed by atoms with Gasteiger partial charge < -0.3 is 20.3 Å². The summed E-state index contributed by atoms with van der Waals surface area (Å²) in [6.45, 7) is 0.528. The Morgan fingerprint density at radius 3 is 2.79 bits per heavy atom. The summed E-state index contributed by atoms with van der Waals surface area (Å²) in [6.07, 6.45) is 1.27. The van der Waals surface area contributed by atoms with E-state index in [2.05, 4.69) is 16.0 Å². The number of benzene rings is 2. The van der Waals surface area contributed by atoms with Crippen molar-refractivity contribution in [2.45, 2.75) is 38.4 Å². The molecule has 4 rings (SSSR count). The molecular formula is C23H23ClN4O5. The molecule has 1 atom stereocenters. The predicted molar refractivity (Wildman–Crippen MR) is 121 cm³/mol. The molecule has 2 heterocycles. The molecule has 2 aromatic rings. The topological polar surface area (TPSA) is 117 Å². The van der Waals surface area contributed by atoms with Crippen LogP contribution in [0.15, 0.2) is 36.4 Å². The zero-order valence-corrected chi connectivity index (χ0v) is 18.7. The van der Waals surface area contributed by atoms with E-state index >= 15 is 0 Å². The van der Waals surface area contributed by atoms with Crippen LogP contribution in [0.25, 0.3) is 0 Å². The highest BCUT2D eigenvalue weighted by atomic mass is 35.5. The van der Waals surface area contributed by atoms with Gasteiger partial charge in [-0.25, -0.2) is 4.79 Å². The number of urea groups is 1. The van der Waals surface area contributed by atoms with Crippen molar-refractivity contribution in [2.24, 2.45) is 0 Å².